The Morgan fingerprint density at radius 1 is 1.44 bits per heavy atom. The van der Waals surface area contributed by atoms with Crippen molar-refractivity contribution in [2.45, 2.75) is 26.9 Å². The number of amides is 1. The number of rotatable bonds is 2. The molecule has 1 aliphatic heterocycles. The summed E-state index contributed by atoms with van der Waals surface area (Å²) in [6.07, 6.45) is 3.72. The molecule has 1 aromatic rings. The number of carbonyl (C=O) groups is 1. The van der Waals surface area contributed by atoms with Gasteiger partial charge in [0.25, 0.3) is 0 Å². The first-order valence-corrected chi connectivity index (χ1v) is 5.54. The molecule has 0 radical (unpaired) electrons. The molecule has 0 saturated carbocycles. The van der Waals surface area contributed by atoms with Crippen LogP contribution in [0.4, 0.5) is 0 Å². The van der Waals surface area contributed by atoms with Crippen LogP contribution in [-0.2, 0) is 17.9 Å². The predicted octanol–water partition coefficient (Wildman–Crippen LogP) is 1.05. The minimum Gasteiger partial charge on any atom is -0.333 e. The second-order valence-corrected chi connectivity index (χ2v) is 4.85. The Balaban J connectivity index is 0.00000144. The summed E-state index contributed by atoms with van der Waals surface area (Å²) in [4.78, 5) is 18.3. The zero-order valence-electron chi connectivity index (χ0n) is 10.6. The third-order valence-corrected chi connectivity index (χ3v) is 3.12. The summed E-state index contributed by atoms with van der Waals surface area (Å²) in [5, 5.41) is 0. The molecule has 2 rings (SSSR count). The Labute approximate surface area is 120 Å². The van der Waals surface area contributed by atoms with Gasteiger partial charge in [-0.2, -0.15) is 0 Å². The van der Waals surface area contributed by atoms with Crippen molar-refractivity contribution in [3.63, 3.8) is 0 Å². The summed E-state index contributed by atoms with van der Waals surface area (Å²) in [5.74, 6) is 1.07. The molecule has 0 unspecified atom stereocenters. The van der Waals surface area contributed by atoms with Crippen LogP contribution in [0, 0.1) is 5.41 Å². The van der Waals surface area contributed by atoms with Gasteiger partial charge in [0.15, 0.2) is 0 Å². The summed E-state index contributed by atoms with van der Waals surface area (Å²) < 4.78 is 2.08. The van der Waals surface area contributed by atoms with E-state index in [-0.39, 0.29) is 30.7 Å². The molecule has 18 heavy (non-hydrogen) atoms. The van der Waals surface area contributed by atoms with E-state index >= 15 is 0 Å². The van der Waals surface area contributed by atoms with Gasteiger partial charge in [-0.1, -0.05) is 0 Å². The van der Waals surface area contributed by atoms with E-state index in [4.69, 9.17) is 5.73 Å². The number of fused-ring (bicyclic) bond motifs is 1. The van der Waals surface area contributed by atoms with Gasteiger partial charge in [0, 0.05) is 32.0 Å². The van der Waals surface area contributed by atoms with Crippen LogP contribution < -0.4 is 5.73 Å². The number of imidazole rings is 1. The maximum absolute atomic E-state index is 12.2. The SMILES string of the molecule is CC(C)(CN)C(=O)N1CCn2ccnc2C1.Cl.Cl. The first kappa shape index (κ1) is 17.2. The number of carbonyl (C=O) groups excluding carboxylic acids is 1. The molecule has 5 nitrogen and oxygen atoms in total. The van der Waals surface area contributed by atoms with E-state index in [1.807, 2.05) is 24.9 Å². The van der Waals surface area contributed by atoms with E-state index in [1.165, 1.54) is 0 Å². The van der Waals surface area contributed by atoms with Gasteiger partial charge in [-0.25, -0.2) is 4.98 Å². The Bertz CT molecular complexity index is 406. The summed E-state index contributed by atoms with van der Waals surface area (Å²) in [7, 11) is 0. The predicted molar refractivity (Wildman–Crippen MR) is 75.0 cm³/mol. The van der Waals surface area contributed by atoms with Gasteiger partial charge in [0.1, 0.15) is 5.82 Å². The molecule has 2 N–H and O–H groups in total. The Morgan fingerprint density at radius 3 is 2.72 bits per heavy atom. The van der Waals surface area contributed by atoms with E-state index in [2.05, 4.69) is 9.55 Å². The largest absolute Gasteiger partial charge is 0.333 e. The summed E-state index contributed by atoms with van der Waals surface area (Å²) in [6.45, 7) is 6.30. The van der Waals surface area contributed by atoms with Crippen LogP contribution in [0.2, 0.25) is 0 Å². The highest BCUT2D eigenvalue weighted by atomic mass is 35.5. The Morgan fingerprint density at radius 2 is 2.11 bits per heavy atom. The fraction of sp³-hybridized carbons (Fsp3) is 0.636. The van der Waals surface area contributed by atoms with E-state index in [0.29, 0.717) is 13.1 Å². The van der Waals surface area contributed by atoms with Crippen molar-refractivity contribution in [2.24, 2.45) is 11.1 Å². The number of hydrogen-bond donors (Lipinski definition) is 1. The van der Waals surface area contributed by atoms with E-state index in [0.717, 1.165) is 18.9 Å². The van der Waals surface area contributed by atoms with Crippen molar-refractivity contribution < 1.29 is 4.79 Å². The van der Waals surface area contributed by atoms with E-state index in [9.17, 15) is 4.79 Å². The van der Waals surface area contributed by atoms with Gasteiger partial charge in [-0.05, 0) is 13.8 Å². The van der Waals surface area contributed by atoms with Gasteiger partial charge >= 0.3 is 0 Å². The molecule has 104 valence electrons. The minimum atomic E-state index is -0.477. The molecule has 1 aliphatic rings. The van der Waals surface area contributed by atoms with Crippen molar-refractivity contribution in [1.82, 2.24) is 14.5 Å². The normalized spacial score (nSPS) is 14.3. The third-order valence-electron chi connectivity index (χ3n) is 3.12. The second-order valence-electron chi connectivity index (χ2n) is 4.85. The molecule has 0 aliphatic carbocycles. The van der Waals surface area contributed by atoms with Gasteiger partial charge < -0.3 is 15.2 Å². The van der Waals surface area contributed by atoms with Crippen LogP contribution in [0.5, 0.6) is 0 Å². The van der Waals surface area contributed by atoms with Crippen molar-refractivity contribution in [1.29, 1.82) is 0 Å². The van der Waals surface area contributed by atoms with Crippen molar-refractivity contribution >= 4 is 30.7 Å². The fourth-order valence-electron chi connectivity index (χ4n) is 1.86. The molecular formula is C11H20Cl2N4O. The lowest BCUT2D eigenvalue weighted by Crippen LogP contribution is -2.47. The molecule has 1 aromatic heterocycles. The molecule has 7 heteroatoms. The van der Waals surface area contributed by atoms with Crippen molar-refractivity contribution in [3.05, 3.63) is 18.2 Å². The van der Waals surface area contributed by atoms with Gasteiger partial charge in [0.05, 0.1) is 12.0 Å². The summed E-state index contributed by atoms with van der Waals surface area (Å²) >= 11 is 0. The molecule has 1 amide bonds. The maximum atomic E-state index is 12.2. The molecule has 0 spiro atoms. The average molecular weight is 295 g/mol. The second kappa shape index (κ2) is 6.41. The van der Waals surface area contributed by atoms with Crippen LogP contribution in [-0.4, -0.2) is 33.4 Å². The van der Waals surface area contributed by atoms with Gasteiger partial charge in [-0.15, -0.1) is 24.8 Å². The average Bonchev–Trinajstić information content (AvgIpc) is 2.74. The first-order chi connectivity index (χ1) is 7.54. The lowest BCUT2D eigenvalue weighted by molar-refractivity contribution is -0.141. The van der Waals surface area contributed by atoms with Gasteiger partial charge in [0.2, 0.25) is 5.91 Å². The number of halogens is 2. The van der Waals surface area contributed by atoms with Crippen LogP contribution in [0.25, 0.3) is 0 Å². The first-order valence-electron chi connectivity index (χ1n) is 5.54. The molecule has 0 fully saturated rings. The zero-order chi connectivity index (χ0) is 11.8. The van der Waals surface area contributed by atoms with Crippen LogP contribution >= 0.6 is 24.8 Å². The van der Waals surface area contributed by atoms with E-state index in [1.54, 1.807) is 6.20 Å². The highest BCUT2D eigenvalue weighted by Gasteiger charge is 2.32. The monoisotopic (exact) mass is 294 g/mol. The van der Waals surface area contributed by atoms with Crippen LogP contribution in [0.15, 0.2) is 12.4 Å². The highest BCUT2D eigenvalue weighted by Crippen LogP contribution is 2.20. The Hall–Kier alpha value is -0.780. The highest BCUT2D eigenvalue weighted by molar-refractivity contribution is 5.85. The molecule has 0 saturated heterocycles. The van der Waals surface area contributed by atoms with Crippen LogP contribution in [0.1, 0.15) is 19.7 Å². The zero-order valence-corrected chi connectivity index (χ0v) is 12.3. The summed E-state index contributed by atoms with van der Waals surface area (Å²) in [6, 6.07) is 0. The quantitative estimate of drug-likeness (QED) is 0.887. The fourth-order valence-corrected chi connectivity index (χ4v) is 1.86. The van der Waals surface area contributed by atoms with Crippen molar-refractivity contribution in [3.8, 4) is 0 Å². The number of nitrogens with zero attached hydrogens (tertiary/aromatic N) is 3. The third kappa shape index (κ3) is 3.16. The Kier molecular flexibility index (Phi) is 6.13. The number of aromatic nitrogens is 2. The molecule has 0 atom stereocenters. The topological polar surface area (TPSA) is 64.2 Å². The number of nitrogens with two attached hydrogens (primary N) is 1. The molecular weight excluding hydrogens is 275 g/mol. The molecule has 0 bridgehead atoms. The number of hydrogen-bond acceptors (Lipinski definition) is 3. The van der Waals surface area contributed by atoms with E-state index < -0.39 is 5.41 Å². The molecule has 0 aromatic carbocycles. The smallest absolute Gasteiger partial charge is 0.229 e. The maximum Gasteiger partial charge on any atom is 0.229 e. The summed E-state index contributed by atoms with van der Waals surface area (Å²) in [5.41, 5.74) is 5.14. The molecule has 2 heterocycles. The van der Waals surface area contributed by atoms with Crippen LogP contribution in [0.3, 0.4) is 0 Å². The lowest BCUT2D eigenvalue weighted by atomic mass is 9.91. The van der Waals surface area contributed by atoms with Gasteiger partial charge in [-0.3, -0.25) is 4.79 Å². The minimum absolute atomic E-state index is 0. The van der Waals surface area contributed by atoms with Crippen molar-refractivity contribution in [2.75, 3.05) is 13.1 Å². The standard InChI is InChI=1S/C11H18N4O.2ClH/c1-11(2,8-12)10(16)15-6-5-14-4-3-13-9(14)7-15;;/h3-4H,5-8,12H2,1-2H3;2*1H. The lowest BCUT2D eigenvalue weighted by Gasteiger charge is -2.33.